The molecule has 3 saturated heterocycles. The van der Waals surface area contributed by atoms with Gasteiger partial charge in [-0.15, -0.1) is 0 Å². The standard InChI is InChI=1S/C43H54N10O4/c1-26(41(56)48(4)29-7-6-28-20-33(44-32(28)21-29)39-31-12-14-43(2,3)23-34(31)46-47-39)51-18-16-50(17-19-51)24-27-13-15-52(25-27)30-8-9-35-37(22-30)49(5)42(57)53(35)36-10-11-38(54)45-40(36)55/h6-9,20-22,26-27,36,44H,10-19,23-25H2,1-5H3,(H,46,47)(H,45,54,55)/t26-,27-,36?/m0/s1. The molecule has 0 saturated carbocycles. The van der Waals surface area contributed by atoms with Gasteiger partial charge < -0.3 is 19.7 Å². The molecule has 0 radical (unpaired) electrons. The Hall–Kier alpha value is -5.21. The van der Waals surface area contributed by atoms with E-state index in [0.29, 0.717) is 17.9 Å². The van der Waals surface area contributed by atoms with E-state index in [1.54, 1.807) is 16.5 Å². The Kier molecular flexibility index (Phi) is 9.38. The number of hydrogen-bond donors (Lipinski definition) is 3. The highest BCUT2D eigenvalue weighted by Gasteiger charge is 2.34. The number of carbonyl (C=O) groups excluding carboxylic acids is 3. The maximum absolute atomic E-state index is 13.8. The predicted octanol–water partition coefficient (Wildman–Crippen LogP) is 4.20. The van der Waals surface area contributed by atoms with Crippen LogP contribution in [0.25, 0.3) is 33.3 Å². The topological polar surface area (TPSA) is 148 Å². The fraction of sp³-hybridized carbons (Fsp3) is 0.512. The lowest BCUT2D eigenvalue weighted by Gasteiger charge is -2.39. The summed E-state index contributed by atoms with van der Waals surface area (Å²) in [6.45, 7) is 13.1. The smallest absolute Gasteiger partial charge is 0.329 e. The second-order valence-corrected chi connectivity index (χ2v) is 17.7. The number of carbonyl (C=O) groups is 3. The molecule has 3 aliphatic heterocycles. The van der Waals surface area contributed by atoms with Crippen LogP contribution < -0.4 is 20.8 Å². The molecule has 14 heteroatoms. The van der Waals surface area contributed by atoms with E-state index in [9.17, 15) is 19.2 Å². The molecule has 1 aliphatic carbocycles. The molecule has 14 nitrogen and oxygen atoms in total. The number of benzene rings is 2. The van der Waals surface area contributed by atoms with Gasteiger partial charge in [-0.25, -0.2) is 4.79 Å². The number of amides is 3. The van der Waals surface area contributed by atoms with E-state index in [0.717, 1.165) is 111 Å². The molecule has 0 bridgehead atoms. The van der Waals surface area contributed by atoms with E-state index in [1.165, 1.54) is 15.8 Å². The SMILES string of the molecule is C[C@@H](C(=O)N(C)c1ccc2cc(-c3n[nH]c4c3CCC(C)(C)C4)[nH]c2c1)N1CCN(C[C@@H]2CCN(c3ccc4c(c3)n(C)c(=O)n4C3CCC(=O)NC3=O)C2)CC1. The van der Waals surface area contributed by atoms with Crippen LogP contribution in [0.15, 0.2) is 47.3 Å². The molecule has 4 aliphatic rings. The number of H-pyrrole nitrogens is 2. The highest BCUT2D eigenvalue weighted by molar-refractivity contribution is 6.00. The van der Waals surface area contributed by atoms with E-state index >= 15 is 0 Å². The fourth-order valence-electron chi connectivity index (χ4n) is 9.78. The van der Waals surface area contributed by atoms with Crippen LogP contribution >= 0.6 is 0 Å². The number of rotatable bonds is 8. The highest BCUT2D eigenvalue weighted by Crippen LogP contribution is 2.38. The summed E-state index contributed by atoms with van der Waals surface area (Å²) in [4.78, 5) is 64.1. The number of imide groups is 1. The third-order valence-electron chi connectivity index (χ3n) is 13.3. The van der Waals surface area contributed by atoms with Crippen molar-refractivity contribution in [3.8, 4) is 11.4 Å². The lowest BCUT2D eigenvalue weighted by atomic mass is 9.76. The molecule has 3 fully saturated rings. The van der Waals surface area contributed by atoms with Crippen molar-refractivity contribution in [3.63, 3.8) is 0 Å². The van der Waals surface area contributed by atoms with Crippen molar-refractivity contribution in [2.75, 3.05) is 62.7 Å². The largest absolute Gasteiger partial charge is 0.371 e. The van der Waals surface area contributed by atoms with Gasteiger partial charge in [0.25, 0.3) is 0 Å². The van der Waals surface area contributed by atoms with Crippen LogP contribution in [0.2, 0.25) is 0 Å². The van der Waals surface area contributed by atoms with Gasteiger partial charge in [-0.2, -0.15) is 5.10 Å². The van der Waals surface area contributed by atoms with Gasteiger partial charge in [-0.3, -0.25) is 38.8 Å². The molecule has 6 heterocycles. The number of nitrogens with zero attached hydrogens (tertiary/aromatic N) is 7. The van der Waals surface area contributed by atoms with E-state index in [1.807, 2.05) is 32.2 Å². The number of aromatic nitrogens is 5. The van der Waals surface area contributed by atoms with Gasteiger partial charge in [-0.1, -0.05) is 19.9 Å². The average molecular weight is 775 g/mol. The molecule has 3 atom stereocenters. The first-order chi connectivity index (χ1) is 27.3. The number of aromatic amines is 2. The summed E-state index contributed by atoms with van der Waals surface area (Å²) in [5.74, 6) is -0.111. The Balaban J connectivity index is 0.788. The first-order valence-corrected chi connectivity index (χ1v) is 20.6. The lowest BCUT2D eigenvalue weighted by molar-refractivity contribution is -0.135. The molecular formula is C43H54N10O4. The molecule has 57 heavy (non-hydrogen) atoms. The van der Waals surface area contributed by atoms with Crippen LogP contribution in [0, 0.1) is 11.3 Å². The van der Waals surface area contributed by atoms with Gasteiger partial charge in [0.1, 0.15) is 11.7 Å². The third kappa shape index (κ3) is 6.86. The summed E-state index contributed by atoms with van der Waals surface area (Å²) < 4.78 is 3.13. The van der Waals surface area contributed by atoms with E-state index in [-0.39, 0.29) is 35.4 Å². The zero-order valence-corrected chi connectivity index (χ0v) is 33.7. The molecular weight excluding hydrogens is 721 g/mol. The number of aryl methyl sites for hydroxylation is 1. The Morgan fingerprint density at radius 3 is 2.58 bits per heavy atom. The van der Waals surface area contributed by atoms with Crippen LogP contribution in [-0.2, 0) is 34.3 Å². The van der Waals surface area contributed by atoms with Gasteiger partial charge in [0.05, 0.1) is 22.8 Å². The van der Waals surface area contributed by atoms with Crippen LogP contribution in [0.1, 0.15) is 63.8 Å². The van der Waals surface area contributed by atoms with E-state index in [4.69, 9.17) is 5.10 Å². The quantitative estimate of drug-likeness (QED) is 0.199. The Bertz CT molecular complexity index is 2450. The predicted molar refractivity (Wildman–Crippen MR) is 221 cm³/mol. The first-order valence-electron chi connectivity index (χ1n) is 20.6. The van der Waals surface area contributed by atoms with Crippen LogP contribution in [0.3, 0.4) is 0 Å². The van der Waals surface area contributed by atoms with Crippen LogP contribution in [-0.4, -0.2) is 111 Å². The summed E-state index contributed by atoms with van der Waals surface area (Å²) in [5, 5.41) is 11.5. The lowest BCUT2D eigenvalue weighted by Crippen LogP contribution is -2.54. The zero-order chi connectivity index (χ0) is 39.7. The first kappa shape index (κ1) is 37.4. The van der Waals surface area contributed by atoms with E-state index < -0.39 is 11.9 Å². The number of anilines is 2. The van der Waals surface area contributed by atoms with Gasteiger partial charge in [0.15, 0.2) is 0 Å². The minimum atomic E-state index is -0.690. The molecule has 3 aromatic heterocycles. The molecule has 3 N–H and O–H groups in total. The number of fused-ring (bicyclic) bond motifs is 3. The summed E-state index contributed by atoms with van der Waals surface area (Å²) in [6.07, 6.45) is 4.81. The van der Waals surface area contributed by atoms with Gasteiger partial charge in [-0.05, 0) is 86.8 Å². The van der Waals surface area contributed by atoms with Gasteiger partial charge >= 0.3 is 5.69 Å². The molecule has 1 unspecified atom stereocenters. The monoisotopic (exact) mass is 774 g/mol. The van der Waals surface area contributed by atoms with Crippen molar-refractivity contribution in [1.29, 1.82) is 0 Å². The second kappa shape index (κ2) is 14.3. The van der Waals surface area contributed by atoms with Crippen molar-refractivity contribution < 1.29 is 14.4 Å². The Labute approximate surface area is 332 Å². The third-order valence-corrected chi connectivity index (χ3v) is 13.3. The van der Waals surface area contributed by atoms with Crippen molar-refractivity contribution in [2.24, 2.45) is 18.4 Å². The van der Waals surface area contributed by atoms with Gasteiger partial charge in [0, 0.05) is 99.9 Å². The number of imidazole rings is 1. The average Bonchev–Trinajstić information content (AvgIpc) is 3.99. The summed E-state index contributed by atoms with van der Waals surface area (Å²) >= 11 is 0. The second-order valence-electron chi connectivity index (χ2n) is 17.7. The molecule has 5 aromatic rings. The molecule has 3 amide bonds. The maximum Gasteiger partial charge on any atom is 0.329 e. The Morgan fingerprint density at radius 2 is 1.79 bits per heavy atom. The number of nitrogens with one attached hydrogen (secondary N) is 3. The highest BCUT2D eigenvalue weighted by atomic mass is 16.2. The maximum atomic E-state index is 13.8. The fourth-order valence-corrected chi connectivity index (χ4v) is 9.78. The summed E-state index contributed by atoms with van der Waals surface area (Å²) in [6, 6.07) is 13.5. The number of likely N-dealkylation sites (N-methyl/N-ethyl adjacent to an activating group) is 1. The number of piperazine rings is 1. The number of hydrogen-bond acceptors (Lipinski definition) is 8. The minimum absolute atomic E-state index is 0.0897. The molecule has 300 valence electrons. The zero-order valence-electron chi connectivity index (χ0n) is 33.7. The van der Waals surface area contributed by atoms with Crippen molar-refractivity contribution in [1.82, 2.24) is 39.4 Å². The van der Waals surface area contributed by atoms with Crippen LogP contribution in [0.5, 0.6) is 0 Å². The molecule has 0 spiro atoms. The Morgan fingerprint density at radius 1 is 0.982 bits per heavy atom. The van der Waals surface area contributed by atoms with Gasteiger partial charge in [0.2, 0.25) is 17.7 Å². The molecule has 9 rings (SSSR count). The van der Waals surface area contributed by atoms with Crippen molar-refractivity contribution in [3.05, 3.63) is 64.2 Å². The molecule has 2 aromatic carbocycles. The minimum Gasteiger partial charge on any atom is -0.371 e. The normalized spacial score (nSPS) is 22.3. The van der Waals surface area contributed by atoms with Crippen molar-refractivity contribution >= 4 is 51.0 Å². The summed E-state index contributed by atoms with van der Waals surface area (Å²) in [7, 11) is 3.62. The van der Waals surface area contributed by atoms with Crippen LogP contribution in [0.4, 0.5) is 11.4 Å². The number of piperidine rings is 1. The van der Waals surface area contributed by atoms with Crippen molar-refractivity contribution in [2.45, 2.75) is 71.4 Å². The summed E-state index contributed by atoms with van der Waals surface area (Å²) in [5.41, 5.74) is 9.04. The van der Waals surface area contributed by atoms with E-state index in [2.05, 4.69) is 68.2 Å².